The van der Waals surface area contributed by atoms with Crippen LogP contribution in [0, 0.1) is 28.9 Å². The molecule has 1 aliphatic carbocycles. The maximum absolute atomic E-state index is 14.2. The van der Waals surface area contributed by atoms with E-state index in [2.05, 4.69) is 4.98 Å². The fourth-order valence-electron chi connectivity index (χ4n) is 6.60. The molecular weight excluding hydrogens is 574 g/mol. The van der Waals surface area contributed by atoms with Crippen LogP contribution in [0.4, 0.5) is 8.78 Å². The van der Waals surface area contributed by atoms with Crippen molar-refractivity contribution in [1.82, 2.24) is 9.88 Å². The zero-order valence-corrected chi connectivity index (χ0v) is 24.5. The van der Waals surface area contributed by atoms with Gasteiger partial charge in [0.05, 0.1) is 28.2 Å². The molecular formula is C33H34F2N2O5S. The van der Waals surface area contributed by atoms with Crippen LogP contribution in [0.25, 0.3) is 10.2 Å². The number of hydrogen-bond acceptors (Lipinski definition) is 6. The molecule has 5 atom stereocenters. The van der Waals surface area contributed by atoms with E-state index in [1.165, 1.54) is 17.4 Å². The lowest BCUT2D eigenvalue weighted by molar-refractivity contribution is -0.147. The van der Waals surface area contributed by atoms with Gasteiger partial charge in [0.2, 0.25) is 5.91 Å². The second-order valence-electron chi connectivity index (χ2n) is 12.1. The van der Waals surface area contributed by atoms with Gasteiger partial charge in [-0.2, -0.15) is 0 Å². The van der Waals surface area contributed by atoms with E-state index in [1.807, 2.05) is 36.4 Å². The van der Waals surface area contributed by atoms with Crippen molar-refractivity contribution in [2.24, 2.45) is 17.3 Å². The molecule has 3 aromatic rings. The summed E-state index contributed by atoms with van der Waals surface area (Å²) < 4.78 is 34.9. The second kappa shape index (κ2) is 12.1. The molecule has 6 rings (SSSR count). The number of carboxylic acids is 1. The van der Waals surface area contributed by atoms with E-state index in [9.17, 15) is 28.3 Å². The number of fused-ring (bicyclic) bond motifs is 3. The number of aliphatic carboxylic acids is 1. The van der Waals surface area contributed by atoms with Crippen molar-refractivity contribution in [3.05, 3.63) is 71.8 Å². The van der Waals surface area contributed by atoms with Crippen molar-refractivity contribution in [1.29, 1.82) is 0 Å². The first-order chi connectivity index (χ1) is 20.7. The Labute approximate surface area is 252 Å². The Hall–Kier alpha value is -3.66. The number of para-hydroxylation sites is 1. The number of carbonyl (C=O) groups excluding carboxylic acids is 2. The molecule has 7 nitrogen and oxygen atoms in total. The number of thiazole rings is 1. The first kappa shape index (κ1) is 29.4. The van der Waals surface area contributed by atoms with Crippen LogP contribution < -0.4 is 4.74 Å². The number of carboxylic acid groups (broad SMARTS) is 1. The summed E-state index contributed by atoms with van der Waals surface area (Å²) >= 11 is 1.39. The van der Waals surface area contributed by atoms with Gasteiger partial charge in [-0.25, -0.2) is 13.8 Å². The highest BCUT2D eigenvalue weighted by molar-refractivity contribution is 7.20. The van der Waals surface area contributed by atoms with E-state index in [1.54, 1.807) is 4.90 Å². The predicted octanol–water partition coefficient (Wildman–Crippen LogP) is 6.35. The van der Waals surface area contributed by atoms with Crippen LogP contribution in [0.5, 0.6) is 5.19 Å². The molecule has 1 aromatic heterocycles. The van der Waals surface area contributed by atoms with E-state index < -0.39 is 41.1 Å². The van der Waals surface area contributed by atoms with Crippen LogP contribution in [0.2, 0.25) is 0 Å². The molecule has 2 aliphatic heterocycles. The van der Waals surface area contributed by atoms with Crippen LogP contribution in [0.3, 0.4) is 0 Å². The number of ether oxygens (including phenoxy) is 1. The summed E-state index contributed by atoms with van der Waals surface area (Å²) in [5.41, 5.74) is 0.151. The zero-order chi connectivity index (χ0) is 30.1. The number of hydrogen-bond donors (Lipinski definition) is 1. The number of rotatable bonds is 5. The highest BCUT2D eigenvalue weighted by Crippen LogP contribution is 2.57. The van der Waals surface area contributed by atoms with Gasteiger partial charge in [-0.1, -0.05) is 54.5 Å². The van der Waals surface area contributed by atoms with Crippen LogP contribution in [-0.4, -0.2) is 51.3 Å². The number of allylic oxidation sites excluding steroid dienone is 2. The Bertz CT molecular complexity index is 1540. The van der Waals surface area contributed by atoms with Crippen molar-refractivity contribution in [2.75, 3.05) is 6.54 Å². The topological polar surface area (TPSA) is 96.8 Å². The highest BCUT2D eigenvalue weighted by Gasteiger charge is 2.61. The number of benzene rings is 2. The third kappa shape index (κ3) is 6.20. The molecule has 0 spiro atoms. The summed E-state index contributed by atoms with van der Waals surface area (Å²) in [4.78, 5) is 46.5. The minimum atomic E-state index is -1.15. The maximum atomic E-state index is 14.2. The molecule has 1 amide bonds. The number of Topliss-reactive ketones (excluding diaryl/α,β-unsaturated/α-hetero) is 1. The van der Waals surface area contributed by atoms with Crippen LogP contribution >= 0.6 is 11.3 Å². The van der Waals surface area contributed by atoms with Crippen LogP contribution in [-0.2, 0) is 20.8 Å². The Morgan fingerprint density at radius 2 is 1.95 bits per heavy atom. The second-order valence-corrected chi connectivity index (χ2v) is 13.1. The molecule has 226 valence electrons. The third-order valence-corrected chi connectivity index (χ3v) is 10.0. The van der Waals surface area contributed by atoms with Gasteiger partial charge >= 0.3 is 5.97 Å². The van der Waals surface area contributed by atoms with E-state index in [-0.39, 0.29) is 43.4 Å². The molecule has 43 heavy (non-hydrogen) atoms. The quantitative estimate of drug-likeness (QED) is 0.339. The Balaban J connectivity index is 1.29. The minimum Gasteiger partial charge on any atom is -0.481 e. The fourth-order valence-corrected chi connectivity index (χ4v) is 7.48. The van der Waals surface area contributed by atoms with Gasteiger partial charge in [0, 0.05) is 18.8 Å². The molecule has 0 bridgehead atoms. The first-order valence-electron chi connectivity index (χ1n) is 14.9. The smallest absolute Gasteiger partial charge is 0.310 e. The van der Waals surface area contributed by atoms with Gasteiger partial charge in [0.25, 0.3) is 5.19 Å². The summed E-state index contributed by atoms with van der Waals surface area (Å²) in [5.74, 6) is -4.20. The van der Waals surface area contributed by atoms with E-state index in [4.69, 9.17) is 4.74 Å². The molecule has 1 saturated heterocycles. The first-order valence-corrected chi connectivity index (χ1v) is 15.7. The average molecular weight is 609 g/mol. The van der Waals surface area contributed by atoms with Gasteiger partial charge in [0.15, 0.2) is 17.4 Å². The Kier molecular flexibility index (Phi) is 8.31. The van der Waals surface area contributed by atoms with E-state index in [0.717, 1.165) is 48.0 Å². The SMILES string of the molecule is O=C1C[C@]2(C(=O)O)C[C@@H]2/C=C\CCCCC[C@H](Cc2ccc(F)c(F)c2)C(=O)N2C[C@H](Oc3nc4ccccc4s3)C[C@@H]12. The van der Waals surface area contributed by atoms with Gasteiger partial charge in [-0.3, -0.25) is 14.4 Å². The summed E-state index contributed by atoms with van der Waals surface area (Å²) in [6.07, 6.45) is 7.95. The molecule has 3 aliphatic rings. The van der Waals surface area contributed by atoms with Crippen molar-refractivity contribution in [3.8, 4) is 5.19 Å². The van der Waals surface area contributed by atoms with Crippen molar-refractivity contribution in [3.63, 3.8) is 0 Å². The summed E-state index contributed by atoms with van der Waals surface area (Å²) in [6, 6.07) is 10.5. The van der Waals surface area contributed by atoms with Gasteiger partial charge in [-0.05, 0) is 67.9 Å². The van der Waals surface area contributed by atoms with Gasteiger partial charge in [0.1, 0.15) is 6.10 Å². The molecule has 0 unspecified atom stereocenters. The maximum Gasteiger partial charge on any atom is 0.310 e. The Morgan fingerprint density at radius 3 is 2.74 bits per heavy atom. The lowest BCUT2D eigenvalue weighted by Crippen LogP contribution is -2.45. The normalized spacial score (nSPS) is 28.9. The average Bonchev–Trinajstić information content (AvgIpc) is 3.30. The predicted molar refractivity (Wildman–Crippen MR) is 158 cm³/mol. The monoisotopic (exact) mass is 608 g/mol. The number of carbonyl (C=O) groups is 3. The molecule has 2 fully saturated rings. The number of ketones is 1. The highest BCUT2D eigenvalue weighted by atomic mass is 32.1. The van der Waals surface area contributed by atoms with Crippen molar-refractivity contribution < 1.29 is 33.0 Å². The molecule has 1 N–H and O–H groups in total. The zero-order valence-electron chi connectivity index (χ0n) is 23.7. The van der Waals surface area contributed by atoms with E-state index >= 15 is 0 Å². The van der Waals surface area contributed by atoms with Crippen molar-refractivity contribution in [2.45, 2.75) is 69.9 Å². The summed E-state index contributed by atoms with van der Waals surface area (Å²) in [6.45, 7) is 0.156. The van der Waals surface area contributed by atoms with E-state index in [0.29, 0.717) is 23.6 Å². The third-order valence-electron chi connectivity index (χ3n) is 9.12. The largest absolute Gasteiger partial charge is 0.481 e. The molecule has 3 heterocycles. The lowest BCUT2D eigenvalue weighted by atomic mass is 9.90. The number of halogens is 2. The van der Waals surface area contributed by atoms with Crippen molar-refractivity contribution >= 4 is 39.2 Å². The number of nitrogens with zero attached hydrogens (tertiary/aromatic N) is 2. The lowest BCUT2D eigenvalue weighted by Gasteiger charge is -2.29. The summed E-state index contributed by atoms with van der Waals surface area (Å²) in [7, 11) is 0. The molecule has 10 heteroatoms. The number of amides is 1. The van der Waals surface area contributed by atoms with Gasteiger partial charge < -0.3 is 14.7 Å². The molecule has 0 radical (unpaired) electrons. The van der Waals surface area contributed by atoms with Gasteiger partial charge in [-0.15, -0.1) is 0 Å². The fraction of sp³-hybridized carbons (Fsp3) is 0.455. The Morgan fingerprint density at radius 1 is 1.12 bits per heavy atom. The standard InChI is InChI=1S/C33H34F2N2O5S/c34-24-13-12-20(15-25(24)35)14-21-8-4-2-1-3-5-9-22-17-33(22,31(40)41)18-28(38)27-16-23(19-37(27)30(21)39)42-32-36-26-10-6-7-11-29(26)43-32/h5-7,9-13,15,21-23,27H,1-4,8,14,16-19H2,(H,40,41)/b9-5-/t21-,22+,23-,27+,33-/m1/s1. The molecule has 2 aromatic carbocycles. The molecule has 1 saturated carbocycles. The summed E-state index contributed by atoms with van der Waals surface area (Å²) in [5, 5.41) is 10.6. The minimum absolute atomic E-state index is 0.156. The van der Waals surface area contributed by atoms with Crippen LogP contribution in [0.15, 0.2) is 54.6 Å². The van der Waals surface area contributed by atoms with Crippen LogP contribution in [0.1, 0.15) is 56.9 Å². The number of aromatic nitrogens is 1.